The quantitative estimate of drug-likeness (QED) is 0.528. The van der Waals surface area contributed by atoms with E-state index in [1.807, 2.05) is 0 Å². The molecule has 0 bridgehead atoms. The predicted molar refractivity (Wildman–Crippen MR) is 73.7 cm³/mol. The molecule has 1 saturated carbocycles. The summed E-state index contributed by atoms with van der Waals surface area (Å²) >= 11 is -3.46. The van der Waals surface area contributed by atoms with Crippen molar-refractivity contribution >= 4 is 31.1 Å². The van der Waals surface area contributed by atoms with E-state index in [-0.39, 0.29) is 11.9 Å². The van der Waals surface area contributed by atoms with Gasteiger partial charge in [0.2, 0.25) is 0 Å². The molecule has 1 heterocycles. The van der Waals surface area contributed by atoms with Crippen molar-refractivity contribution in [3.8, 4) is 0 Å². The fraction of sp³-hybridized carbons (Fsp3) is 0.857. The molecule has 0 unspecified atom stereocenters. The van der Waals surface area contributed by atoms with Gasteiger partial charge in [-0.15, -0.1) is 0 Å². The van der Waals surface area contributed by atoms with Crippen LogP contribution in [-0.4, -0.2) is 31.1 Å². The summed E-state index contributed by atoms with van der Waals surface area (Å²) in [5.74, 6) is -0.504. The van der Waals surface area contributed by atoms with Crippen LogP contribution in [0.5, 0.6) is 0 Å². The van der Waals surface area contributed by atoms with Crippen LogP contribution < -0.4 is 0 Å². The van der Waals surface area contributed by atoms with E-state index in [1.54, 1.807) is 0 Å². The second-order valence-corrected chi connectivity index (χ2v) is 15.1. The van der Waals surface area contributed by atoms with Crippen molar-refractivity contribution < 1.29 is 15.7 Å². The van der Waals surface area contributed by atoms with Gasteiger partial charge in [0.05, 0.1) is 0 Å². The topological polar surface area (TPSA) is 52.6 Å². The van der Waals surface area contributed by atoms with E-state index in [1.165, 1.54) is 0 Å². The van der Waals surface area contributed by atoms with Gasteiger partial charge in [0, 0.05) is 0 Å². The summed E-state index contributed by atoms with van der Waals surface area (Å²) in [4.78, 5) is 24.6. The second kappa shape index (κ2) is 6.02. The Kier molecular flexibility index (Phi) is 4.79. The van der Waals surface area contributed by atoms with Gasteiger partial charge in [0.25, 0.3) is 0 Å². The zero-order valence-electron chi connectivity index (χ0n) is 12.0. The van der Waals surface area contributed by atoms with Crippen LogP contribution >= 0.6 is 0 Å². The van der Waals surface area contributed by atoms with Gasteiger partial charge in [-0.1, -0.05) is 0 Å². The average molecular weight is 375 g/mol. The average Bonchev–Trinajstić information content (AvgIpc) is 2.31. The van der Waals surface area contributed by atoms with Crippen molar-refractivity contribution in [3.05, 3.63) is 0 Å². The molecule has 2 aliphatic rings. The van der Waals surface area contributed by atoms with Crippen LogP contribution in [-0.2, 0) is 15.7 Å². The van der Waals surface area contributed by atoms with Crippen LogP contribution in [0.1, 0.15) is 58.8 Å². The molecule has 1 aliphatic carbocycles. The summed E-state index contributed by atoms with van der Waals surface area (Å²) in [7, 11) is 0. The number of unbranched alkanes of at least 4 members (excludes halogenated alkanes) is 2. The molecule has 0 N–H and O–H groups in total. The molecule has 108 valence electrons. The Balaban J connectivity index is 2.11. The van der Waals surface area contributed by atoms with Crippen molar-refractivity contribution in [2.45, 2.75) is 67.7 Å². The van der Waals surface area contributed by atoms with Crippen LogP contribution in [0, 0.1) is 5.41 Å². The monoisotopic (exact) mass is 376 g/mol. The van der Waals surface area contributed by atoms with Gasteiger partial charge in [-0.2, -0.15) is 0 Å². The molecule has 2 rings (SSSR count). The Morgan fingerprint density at radius 3 is 1.79 bits per heavy atom. The zero-order valence-corrected chi connectivity index (χ0v) is 14.9. The van der Waals surface area contributed by atoms with E-state index in [0.29, 0.717) is 12.8 Å². The van der Waals surface area contributed by atoms with E-state index >= 15 is 0 Å². The third kappa shape index (κ3) is 2.78. The van der Waals surface area contributed by atoms with Gasteiger partial charge in [0.1, 0.15) is 0 Å². The van der Waals surface area contributed by atoms with E-state index in [4.69, 9.17) is 6.15 Å². The van der Waals surface area contributed by atoms with Crippen LogP contribution in [0.3, 0.4) is 0 Å². The second-order valence-electron chi connectivity index (χ2n) is 5.83. The summed E-state index contributed by atoms with van der Waals surface area (Å²) in [6, 6.07) is 0. The molecule has 1 saturated heterocycles. The van der Waals surface area contributed by atoms with Gasteiger partial charge < -0.3 is 0 Å². The number of carbonyl (C=O) groups is 2. The fourth-order valence-corrected chi connectivity index (χ4v) is 12.9. The summed E-state index contributed by atoms with van der Waals surface area (Å²) in [6.07, 6.45) is 6.25. The molecule has 4 nitrogen and oxygen atoms in total. The first-order valence-corrected chi connectivity index (χ1v) is 13.9. The van der Waals surface area contributed by atoms with Crippen LogP contribution in [0.25, 0.3) is 0 Å². The first kappa shape index (κ1) is 15.1. The van der Waals surface area contributed by atoms with Gasteiger partial charge in [0.15, 0.2) is 0 Å². The maximum absolute atomic E-state index is 12.3. The van der Waals surface area contributed by atoms with Crippen LogP contribution in [0.2, 0.25) is 8.87 Å². The number of carbonyl (C=O) groups excluding carboxylic acids is 2. The molecule has 1 aliphatic heterocycles. The Morgan fingerprint density at radius 2 is 1.47 bits per heavy atom. The Bertz CT molecular complexity index is 332. The molecule has 19 heavy (non-hydrogen) atoms. The van der Waals surface area contributed by atoms with Crippen LogP contribution in [0.15, 0.2) is 0 Å². The normalized spacial score (nSPS) is 23.7. The molecule has 0 amide bonds. The third-order valence-electron chi connectivity index (χ3n) is 4.37. The van der Waals surface area contributed by atoms with Crippen molar-refractivity contribution in [1.29, 1.82) is 0 Å². The first-order valence-electron chi connectivity index (χ1n) is 7.55. The predicted octanol–water partition coefficient (Wildman–Crippen LogP) is 3.30. The minimum absolute atomic E-state index is 0.252. The van der Waals surface area contributed by atoms with E-state index in [9.17, 15) is 9.59 Å². The van der Waals surface area contributed by atoms with Crippen molar-refractivity contribution in [2.24, 2.45) is 5.41 Å². The standard InChI is InChI=1S/C6H8O4.2C4H9.Sn/c7-4(8)6(5(9)10)2-1-3-6;2*1-3-4-2;/h1-3H2,(H,7,8)(H,9,10);2*1,3-4H2,2H3;/q;;;+2/p-2. The summed E-state index contributed by atoms with van der Waals surface area (Å²) < 4.78 is 13.3. The Labute approximate surface area is 120 Å². The van der Waals surface area contributed by atoms with Crippen molar-refractivity contribution in [3.63, 3.8) is 0 Å². The molecule has 0 aromatic heterocycles. The Morgan fingerprint density at radius 1 is 1.00 bits per heavy atom. The first-order chi connectivity index (χ1) is 9.08. The maximum atomic E-state index is 12.3. The fourth-order valence-electron chi connectivity index (χ4n) is 2.80. The molecule has 0 radical (unpaired) electrons. The molecule has 0 aromatic rings. The Hall–Kier alpha value is -0.261. The van der Waals surface area contributed by atoms with Gasteiger partial charge in [-0.05, 0) is 0 Å². The summed E-state index contributed by atoms with van der Waals surface area (Å²) in [5.41, 5.74) is -0.904. The number of hydrogen-bond acceptors (Lipinski definition) is 4. The molecule has 5 heteroatoms. The van der Waals surface area contributed by atoms with Crippen molar-refractivity contribution in [2.75, 3.05) is 0 Å². The van der Waals surface area contributed by atoms with Crippen LogP contribution in [0.4, 0.5) is 0 Å². The van der Waals surface area contributed by atoms with E-state index in [0.717, 1.165) is 41.0 Å². The number of hydrogen-bond donors (Lipinski definition) is 0. The molecule has 0 aromatic carbocycles. The molecular weight excluding hydrogens is 351 g/mol. The molecule has 0 atom stereocenters. The molecule has 1 spiro atoms. The third-order valence-corrected chi connectivity index (χ3v) is 13.9. The minimum atomic E-state index is -3.46. The SMILES string of the molecule is CCC[CH2][Sn]1([CH2]CCC)[O]C(=O)C2(CCC2)C(=O)[O]1. The van der Waals surface area contributed by atoms with E-state index < -0.39 is 24.6 Å². The van der Waals surface area contributed by atoms with Gasteiger partial charge in [-0.3, -0.25) is 0 Å². The summed E-state index contributed by atoms with van der Waals surface area (Å²) in [5, 5.41) is 0. The van der Waals surface area contributed by atoms with Gasteiger partial charge in [-0.25, -0.2) is 0 Å². The number of rotatable bonds is 6. The van der Waals surface area contributed by atoms with E-state index in [2.05, 4.69) is 13.8 Å². The zero-order chi connectivity index (χ0) is 13.9. The van der Waals surface area contributed by atoms with Crippen molar-refractivity contribution in [1.82, 2.24) is 0 Å². The van der Waals surface area contributed by atoms with Gasteiger partial charge >= 0.3 is 120 Å². The summed E-state index contributed by atoms with van der Waals surface area (Å²) in [6.45, 7) is 4.22. The molecule has 2 fully saturated rings. The molecular formula is C14H24O4Sn.